The van der Waals surface area contributed by atoms with Gasteiger partial charge in [0.15, 0.2) is 0 Å². The molecule has 0 aliphatic carbocycles. The molecule has 3 aromatic rings. The zero-order valence-corrected chi connectivity index (χ0v) is 11.9. The van der Waals surface area contributed by atoms with Crippen LogP contribution in [0.15, 0.2) is 54.6 Å². The van der Waals surface area contributed by atoms with Gasteiger partial charge in [0.05, 0.1) is 17.1 Å². The van der Waals surface area contributed by atoms with Gasteiger partial charge in [0.2, 0.25) is 0 Å². The van der Waals surface area contributed by atoms with Crippen molar-refractivity contribution in [3.8, 4) is 16.9 Å². The van der Waals surface area contributed by atoms with E-state index in [1.54, 1.807) is 16.8 Å². The molecule has 0 saturated carbocycles. The van der Waals surface area contributed by atoms with Crippen molar-refractivity contribution in [2.75, 3.05) is 0 Å². The Morgan fingerprint density at radius 1 is 1.05 bits per heavy atom. The molecule has 0 aliphatic rings. The number of nitrogens with zero attached hydrogens (tertiary/aromatic N) is 2. The van der Waals surface area contributed by atoms with E-state index in [9.17, 15) is 4.39 Å². The second-order valence-electron chi connectivity index (χ2n) is 4.62. The van der Waals surface area contributed by atoms with E-state index in [4.69, 9.17) is 17.3 Å². The Balaban J connectivity index is 2.13. The first kappa shape index (κ1) is 13.8. The van der Waals surface area contributed by atoms with Crippen molar-refractivity contribution in [3.63, 3.8) is 0 Å². The zero-order valence-electron chi connectivity index (χ0n) is 11.1. The van der Waals surface area contributed by atoms with E-state index in [1.165, 1.54) is 12.1 Å². The third-order valence-corrected chi connectivity index (χ3v) is 3.43. The topological polar surface area (TPSA) is 43.8 Å². The predicted molar refractivity (Wildman–Crippen MR) is 81.9 cm³/mol. The van der Waals surface area contributed by atoms with Gasteiger partial charge in [0, 0.05) is 17.1 Å². The number of hydrogen-bond donors (Lipinski definition) is 1. The third kappa shape index (κ3) is 2.82. The summed E-state index contributed by atoms with van der Waals surface area (Å²) in [4.78, 5) is 0. The fourth-order valence-corrected chi connectivity index (χ4v) is 2.26. The van der Waals surface area contributed by atoms with Crippen molar-refractivity contribution < 1.29 is 4.39 Å². The second-order valence-corrected chi connectivity index (χ2v) is 5.06. The molecule has 1 aromatic heterocycles. The molecule has 0 aliphatic heterocycles. The van der Waals surface area contributed by atoms with Crippen LogP contribution in [0.4, 0.5) is 4.39 Å². The number of aromatic nitrogens is 2. The molecule has 1 heterocycles. The molecule has 0 radical (unpaired) electrons. The van der Waals surface area contributed by atoms with Crippen LogP contribution in [0.3, 0.4) is 0 Å². The van der Waals surface area contributed by atoms with E-state index in [0.717, 1.165) is 22.6 Å². The van der Waals surface area contributed by atoms with Crippen LogP contribution in [0.25, 0.3) is 16.9 Å². The van der Waals surface area contributed by atoms with Gasteiger partial charge in [0.25, 0.3) is 0 Å². The summed E-state index contributed by atoms with van der Waals surface area (Å²) in [5.41, 5.74) is 9.08. The third-order valence-electron chi connectivity index (χ3n) is 3.18. The summed E-state index contributed by atoms with van der Waals surface area (Å²) in [6.45, 7) is 0.342. The molecule has 2 N–H and O–H groups in total. The lowest BCUT2D eigenvalue weighted by Gasteiger charge is -2.07. The van der Waals surface area contributed by atoms with Crippen LogP contribution in [0.1, 0.15) is 5.69 Å². The molecule has 5 heteroatoms. The van der Waals surface area contributed by atoms with Gasteiger partial charge < -0.3 is 5.73 Å². The number of hydrogen-bond acceptors (Lipinski definition) is 2. The Kier molecular flexibility index (Phi) is 3.73. The monoisotopic (exact) mass is 301 g/mol. The maximum atomic E-state index is 13.1. The molecule has 0 unspecified atom stereocenters. The highest BCUT2D eigenvalue weighted by molar-refractivity contribution is 6.30. The summed E-state index contributed by atoms with van der Waals surface area (Å²) in [5, 5.41) is 5.14. The lowest BCUT2D eigenvalue weighted by atomic mass is 10.1. The number of rotatable bonds is 3. The quantitative estimate of drug-likeness (QED) is 0.800. The van der Waals surface area contributed by atoms with Crippen LogP contribution in [0.5, 0.6) is 0 Å². The first-order chi connectivity index (χ1) is 10.2. The Morgan fingerprint density at radius 3 is 2.33 bits per heavy atom. The second kappa shape index (κ2) is 5.68. The van der Waals surface area contributed by atoms with Crippen LogP contribution in [-0.4, -0.2) is 9.78 Å². The molecule has 0 spiro atoms. The normalized spacial score (nSPS) is 10.8. The Morgan fingerprint density at radius 2 is 1.71 bits per heavy atom. The average Bonchev–Trinajstić information content (AvgIpc) is 2.93. The molecule has 0 amide bonds. The van der Waals surface area contributed by atoms with Gasteiger partial charge in [-0.15, -0.1) is 0 Å². The first-order valence-electron chi connectivity index (χ1n) is 6.48. The van der Waals surface area contributed by atoms with E-state index in [-0.39, 0.29) is 5.82 Å². The van der Waals surface area contributed by atoms with Gasteiger partial charge in [-0.1, -0.05) is 23.7 Å². The average molecular weight is 302 g/mol. The van der Waals surface area contributed by atoms with Gasteiger partial charge in [-0.3, -0.25) is 0 Å². The fourth-order valence-electron chi connectivity index (χ4n) is 2.14. The molecule has 0 saturated heterocycles. The summed E-state index contributed by atoms with van der Waals surface area (Å²) in [6, 6.07) is 15.6. The minimum atomic E-state index is -0.280. The maximum Gasteiger partial charge on any atom is 0.123 e. The van der Waals surface area contributed by atoms with Crippen molar-refractivity contribution in [3.05, 3.63) is 71.1 Å². The molecular weight excluding hydrogens is 289 g/mol. The van der Waals surface area contributed by atoms with Crippen molar-refractivity contribution >= 4 is 11.6 Å². The molecule has 3 nitrogen and oxygen atoms in total. The fraction of sp³-hybridized carbons (Fsp3) is 0.0625. The Bertz CT molecular complexity index is 685. The largest absolute Gasteiger partial charge is 0.325 e. The summed E-state index contributed by atoms with van der Waals surface area (Å²) in [6.07, 6.45) is 0. The van der Waals surface area contributed by atoms with Crippen molar-refractivity contribution in [2.24, 2.45) is 5.73 Å². The minimum absolute atomic E-state index is 0.280. The van der Waals surface area contributed by atoms with Gasteiger partial charge >= 0.3 is 0 Å². The number of halogens is 2. The molecular formula is C16H13ClFN3. The van der Waals surface area contributed by atoms with Gasteiger partial charge in [0.1, 0.15) is 5.82 Å². The van der Waals surface area contributed by atoms with Crippen LogP contribution in [0, 0.1) is 5.82 Å². The predicted octanol–water partition coefficient (Wildman–Crippen LogP) is 3.79. The molecule has 3 rings (SSSR count). The van der Waals surface area contributed by atoms with Crippen LogP contribution >= 0.6 is 11.6 Å². The highest BCUT2D eigenvalue weighted by Crippen LogP contribution is 2.25. The molecule has 21 heavy (non-hydrogen) atoms. The maximum absolute atomic E-state index is 13.1. The van der Waals surface area contributed by atoms with Crippen LogP contribution in [-0.2, 0) is 6.54 Å². The summed E-state index contributed by atoms with van der Waals surface area (Å²) < 4.78 is 14.8. The summed E-state index contributed by atoms with van der Waals surface area (Å²) in [5.74, 6) is -0.280. The van der Waals surface area contributed by atoms with E-state index in [2.05, 4.69) is 5.10 Å². The SMILES string of the molecule is NCc1cc(-c2ccc(Cl)cc2)n(-c2ccc(F)cc2)n1. The minimum Gasteiger partial charge on any atom is -0.325 e. The van der Waals surface area contributed by atoms with E-state index in [0.29, 0.717) is 11.6 Å². The highest BCUT2D eigenvalue weighted by Gasteiger charge is 2.11. The summed E-state index contributed by atoms with van der Waals surface area (Å²) >= 11 is 5.92. The zero-order chi connectivity index (χ0) is 14.8. The highest BCUT2D eigenvalue weighted by atomic mass is 35.5. The molecule has 0 fully saturated rings. The molecule has 0 atom stereocenters. The van der Waals surface area contributed by atoms with E-state index in [1.807, 2.05) is 30.3 Å². The lowest BCUT2D eigenvalue weighted by molar-refractivity contribution is 0.627. The van der Waals surface area contributed by atoms with Crippen molar-refractivity contribution in [1.29, 1.82) is 0 Å². The van der Waals surface area contributed by atoms with Gasteiger partial charge in [-0.2, -0.15) is 5.10 Å². The smallest absolute Gasteiger partial charge is 0.123 e. The van der Waals surface area contributed by atoms with Crippen LogP contribution < -0.4 is 5.73 Å². The Hall–Kier alpha value is -2.17. The summed E-state index contributed by atoms with van der Waals surface area (Å²) in [7, 11) is 0. The standard InChI is InChI=1S/C16H13ClFN3/c17-12-3-1-11(2-4-12)16-9-14(10-19)20-21(16)15-7-5-13(18)6-8-15/h1-9H,10,19H2. The number of nitrogens with two attached hydrogens (primary N) is 1. The number of benzene rings is 2. The molecule has 106 valence electrons. The van der Waals surface area contributed by atoms with Crippen LogP contribution in [0.2, 0.25) is 5.02 Å². The van der Waals surface area contributed by atoms with E-state index < -0.39 is 0 Å². The first-order valence-corrected chi connectivity index (χ1v) is 6.86. The van der Waals surface area contributed by atoms with Gasteiger partial charge in [-0.05, 0) is 42.5 Å². The van der Waals surface area contributed by atoms with E-state index >= 15 is 0 Å². The molecule has 2 aromatic carbocycles. The Labute approximate surface area is 126 Å². The van der Waals surface area contributed by atoms with Crippen molar-refractivity contribution in [1.82, 2.24) is 9.78 Å². The van der Waals surface area contributed by atoms with Crippen molar-refractivity contribution in [2.45, 2.75) is 6.54 Å². The van der Waals surface area contributed by atoms with Gasteiger partial charge in [-0.25, -0.2) is 9.07 Å². The lowest BCUT2D eigenvalue weighted by Crippen LogP contribution is -2.01. The molecule has 0 bridgehead atoms.